The molecule has 0 atom stereocenters. The number of aromatic nitrogens is 4. The monoisotopic (exact) mass is 391 g/mol. The first-order chi connectivity index (χ1) is 14.0. The van der Waals surface area contributed by atoms with Crippen molar-refractivity contribution in [1.82, 2.24) is 25.1 Å². The minimum Gasteiger partial charge on any atom is -0.367 e. The Labute approximate surface area is 170 Å². The predicted molar refractivity (Wildman–Crippen MR) is 113 cm³/mol. The molecule has 150 valence electrons. The maximum Gasteiger partial charge on any atom is 0.219 e. The highest BCUT2D eigenvalue weighted by Gasteiger charge is 2.19. The first kappa shape index (κ1) is 19.0. The molecule has 0 spiro atoms. The number of hydrogen-bond acceptors (Lipinski definition) is 7. The van der Waals surface area contributed by atoms with Crippen molar-refractivity contribution in [1.29, 1.82) is 0 Å². The van der Waals surface area contributed by atoms with Crippen molar-refractivity contribution in [3.8, 4) is 0 Å². The zero-order valence-electron chi connectivity index (χ0n) is 17.0. The summed E-state index contributed by atoms with van der Waals surface area (Å²) in [7, 11) is 0. The van der Waals surface area contributed by atoms with Crippen LogP contribution in [-0.4, -0.2) is 57.2 Å². The van der Waals surface area contributed by atoms with Crippen LogP contribution in [0, 0.1) is 0 Å². The molecule has 0 bridgehead atoms. The highest BCUT2D eigenvalue weighted by atomic mass is 16.2. The molecule has 29 heavy (non-hydrogen) atoms. The molecule has 0 aliphatic carbocycles. The summed E-state index contributed by atoms with van der Waals surface area (Å²) in [5.74, 6) is 1.88. The molecule has 0 aromatic carbocycles. The van der Waals surface area contributed by atoms with Gasteiger partial charge in [0.05, 0.1) is 29.1 Å². The number of nitrogens with one attached hydrogen (secondary N) is 1. The number of pyridine rings is 2. The topological polar surface area (TPSA) is 87.1 Å². The Morgan fingerprint density at radius 2 is 1.83 bits per heavy atom. The third-order valence-corrected chi connectivity index (χ3v) is 5.21. The molecule has 1 fully saturated rings. The van der Waals surface area contributed by atoms with Crippen LogP contribution in [-0.2, 0) is 4.79 Å². The molecule has 0 radical (unpaired) electrons. The van der Waals surface area contributed by atoms with E-state index in [2.05, 4.69) is 39.2 Å². The van der Waals surface area contributed by atoms with Crippen molar-refractivity contribution in [2.24, 2.45) is 0 Å². The molecular formula is C21H25N7O. The normalized spacial score (nSPS) is 14.5. The van der Waals surface area contributed by atoms with Gasteiger partial charge in [-0.3, -0.25) is 9.78 Å². The summed E-state index contributed by atoms with van der Waals surface area (Å²) in [4.78, 5) is 24.9. The van der Waals surface area contributed by atoms with Crippen molar-refractivity contribution in [2.45, 2.75) is 26.7 Å². The third kappa shape index (κ3) is 4.26. The number of fused-ring (bicyclic) bond motifs is 1. The average molecular weight is 391 g/mol. The number of piperazine rings is 1. The lowest BCUT2D eigenvalue weighted by Gasteiger charge is -2.35. The second kappa shape index (κ2) is 7.98. The van der Waals surface area contributed by atoms with E-state index in [0.29, 0.717) is 17.6 Å². The Kier molecular flexibility index (Phi) is 5.24. The molecule has 3 aromatic rings. The van der Waals surface area contributed by atoms with Crippen molar-refractivity contribution >= 4 is 34.3 Å². The van der Waals surface area contributed by atoms with Gasteiger partial charge in [-0.05, 0) is 35.7 Å². The minimum absolute atomic E-state index is 0.128. The van der Waals surface area contributed by atoms with E-state index in [0.717, 1.165) is 48.5 Å². The maximum atomic E-state index is 11.5. The number of rotatable bonds is 4. The average Bonchev–Trinajstić information content (AvgIpc) is 2.73. The lowest BCUT2D eigenvalue weighted by Crippen LogP contribution is -2.48. The summed E-state index contributed by atoms with van der Waals surface area (Å²) in [5.41, 5.74) is 3.79. The van der Waals surface area contributed by atoms with Crippen molar-refractivity contribution < 1.29 is 4.79 Å². The Hall–Kier alpha value is -3.29. The van der Waals surface area contributed by atoms with Crippen LogP contribution >= 0.6 is 0 Å². The van der Waals surface area contributed by atoms with E-state index in [-0.39, 0.29) is 5.91 Å². The van der Waals surface area contributed by atoms with Crippen LogP contribution in [0.5, 0.6) is 0 Å². The number of carbonyl (C=O) groups is 1. The molecular weight excluding hydrogens is 366 g/mol. The molecule has 8 heteroatoms. The number of hydrogen-bond donors (Lipinski definition) is 1. The van der Waals surface area contributed by atoms with Gasteiger partial charge >= 0.3 is 0 Å². The number of nitrogens with zero attached hydrogens (tertiary/aromatic N) is 6. The summed E-state index contributed by atoms with van der Waals surface area (Å²) in [6.45, 7) is 8.91. The summed E-state index contributed by atoms with van der Waals surface area (Å²) >= 11 is 0. The SMILES string of the molecule is CC(=O)N1CCN(c2cnc3ccc(Nc4cc(C(C)C)cnn4)nc3c2)CC1. The molecule has 0 unspecified atom stereocenters. The summed E-state index contributed by atoms with van der Waals surface area (Å²) in [5, 5.41) is 11.5. The Balaban J connectivity index is 1.54. The lowest BCUT2D eigenvalue weighted by molar-refractivity contribution is -0.129. The van der Waals surface area contributed by atoms with Gasteiger partial charge in [-0.1, -0.05) is 13.8 Å². The fraction of sp³-hybridized carbons (Fsp3) is 0.381. The van der Waals surface area contributed by atoms with Gasteiger partial charge in [0.1, 0.15) is 5.82 Å². The van der Waals surface area contributed by atoms with Crippen molar-refractivity contribution in [3.63, 3.8) is 0 Å². The summed E-state index contributed by atoms with van der Waals surface area (Å²) < 4.78 is 0. The fourth-order valence-corrected chi connectivity index (χ4v) is 3.41. The quantitative estimate of drug-likeness (QED) is 0.731. The molecule has 1 N–H and O–H groups in total. The van der Waals surface area contributed by atoms with Gasteiger partial charge in [-0.25, -0.2) is 4.98 Å². The van der Waals surface area contributed by atoms with Gasteiger partial charge in [-0.2, -0.15) is 5.10 Å². The summed E-state index contributed by atoms with van der Waals surface area (Å²) in [6, 6.07) is 7.88. The highest BCUT2D eigenvalue weighted by Crippen LogP contribution is 2.23. The lowest BCUT2D eigenvalue weighted by atomic mass is 10.1. The van der Waals surface area contributed by atoms with Crippen LogP contribution in [0.4, 0.5) is 17.3 Å². The van der Waals surface area contributed by atoms with Crippen LogP contribution in [0.15, 0.2) is 36.7 Å². The van der Waals surface area contributed by atoms with Crippen molar-refractivity contribution in [2.75, 3.05) is 36.4 Å². The van der Waals surface area contributed by atoms with Crippen LogP contribution < -0.4 is 10.2 Å². The Morgan fingerprint density at radius 3 is 2.55 bits per heavy atom. The molecule has 1 saturated heterocycles. The minimum atomic E-state index is 0.128. The van der Waals surface area contributed by atoms with Crippen molar-refractivity contribution in [3.05, 3.63) is 42.2 Å². The van der Waals surface area contributed by atoms with Crippen LogP contribution in [0.3, 0.4) is 0 Å². The van der Waals surface area contributed by atoms with E-state index in [1.165, 1.54) is 0 Å². The van der Waals surface area contributed by atoms with Gasteiger partial charge in [-0.15, -0.1) is 5.10 Å². The number of anilines is 3. The molecule has 4 heterocycles. The molecule has 0 saturated carbocycles. The van der Waals surface area contributed by atoms with E-state index < -0.39 is 0 Å². The molecule has 1 aliphatic rings. The standard InChI is InChI=1S/C21H25N7O/c1-14(2)16-10-21(26-23-12-16)25-20-5-4-18-19(24-20)11-17(13-22-18)28-8-6-27(7-9-28)15(3)29/h4-5,10-14H,6-9H2,1-3H3,(H,24,25,26). The van der Waals surface area contributed by atoms with Crippen LogP contribution in [0.25, 0.3) is 11.0 Å². The molecule has 4 rings (SSSR count). The van der Waals surface area contributed by atoms with Gasteiger partial charge in [0, 0.05) is 33.1 Å². The molecule has 1 amide bonds. The van der Waals surface area contributed by atoms with E-state index in [1.54, 1.807) is 13.1 Å². The van der Waals surface area contributed by atoms with E-state index in [1.807, 2.05) is 35.4 Å². The third-order valence-electron chi connectivity index (χ3n) is 5.21. The van der Waals surface area contributed by atoms with E-state index in [4.69, 9.17) is 4.98 Å². The Bertz CT molecular complexity index is 1030. The molecule has 1 aliphatic heterocycles. The highest BCUT2D eigenvalue weighted by molar-refractivity contribution is 5.80. The zero-order valence-corrected chi connectivity index (χ0v) is 17.0. The van der Waals surface area contributed by atoms with Crippen LogP contribution in [0.2, 0.25) is 0 Å². The fourth-order valence-electron chi connectivity index (χ4n) is 3.41. The summed E-state index contributed by atoms with van der Waals surface area (Å²) in [6.07, 6.45) is 3.66. The Morgan fingerprint density at radius 1 is 1.03 bits per heavy atom. The second-order valence-electron chi connectivity index (χ2n) is 7.58. The number of amides is 1. The smallest absolute Gasteiger partial charge is 0.219 e. The van der Waals surface area contributed by atoms with Gasteiger partial charge in [0.2, 0.25) is 5.91 Å². The maximum absolute atomic E-state index is 11.5. The van der Waals surface area contributed by atoms with Crippen LogP contribution in [0.1, 0.15) is 32.3 Å². The zero-order chi connectivity index (χ0) is 20.4. The van der Waals surface area contributed by atoms with Gasteiger partial charge in [0.15, 0.2) is 5.82 Å². The molecule has 8 nitrogen and oxygen atoms in total. The largest absolute Gasteiger partial charge is 0.367 e. The second-order valence-corrected chi connectivity index (χ2v) is 7.58. The predicted octanol–water partition coefficient (Wildman–Crippen LogP) is 2.96. The number of carbonyl (C=O) groups excluding carboxylic acids is 1. The van der Waals surface area contributed by atoms with E-state index >= 15 is 0 Å². The first-order valence-electron chi connectivity index (χ1n) is 9.86. The first-order valence-corrected chi connectivity index (χ1v) is 9.86. The van der Waals surface area contributed by atoms with Gasteiger partial charge < -0.3 is 15.1 Å². The van der Waals surface area contributed by atoms with Gasteiger partial charge in [0.25, 0.3) is 0 Å². The molecule has 3 aromatic heterocycles. The van der Waals surface area contributed by atoms with E-state index in [9.17, 15) is 4.79 Å².